The Kier molecular flexibility index (Phi) is 3.29. The average Bonchev–Trinajstić information content (AvgIpc) is 3.14. The van der Waals surface area contributed by atoms with E-state index in [1.165, 1.54) is 0 Å². The van der Waals surface area contributed by atoms with E-state index in [4.69, 9.17) is 0 Å². The van der Waals surface area contributed by atoms with E-state index in [0.29, 0.717) is 5.92 Å². The fraction of sp³-hybridized carbons (Fsp3) is 0.125. The highest BCUT2D eigenvalue weighted by atomic mass is 16.4. The molecular weight excluding hydrogens is 362 g/mol. The first-order chi connectivity index (χ1) is 14.2. The molecule has 6 rings (SSSR count). The highest BCUT2D eigenvalue weighted by molar-refractivity contribution is 6.07. The largest absolute Gasteiger partial charge is 0.477 e. The first-order valence-electron chi connectivity index (χ1n) is 9.84. The maximum absolute atomic E-state index is 12.3. The third-order valence-corrected chi connectivity index (χ3v) is 5.97. The van der Waals surface area contributed by atoms with Gasteiger partial charge >= 0.3 is 5.97 Å². The van der Waals surface area contributed by atoms with Crippen molar-refractivity contribution in [1.29, 1.82) is 0 Å². The number of carbonyl (C=O) groups is 1. The highest BCUT2D eigenvalue weighted by Gasteiger charge is 2.35. The lowest BCUT2D eigenvalue weighted by atomic mass is 9.92. The van der Waals surface area contributed by atoms with E-state index in [2.05, 4.69) is 27.1 Å². The van der Waals surface area contributed by atoms with E-state index in [9.17, 15) is 9.90 Å². The SMILES string of the molecule is O=C(O)c1[nH]c(-c2cccc3[nH]ccc23)c(C2CC2)c1-c1cccc2[nH]ccc12. The van der Waals surface area contributed by atoms with Crippen LogP contribution in [0.4, 0.5) is 0 Å². The van der Waals surface area contributed by atoms with Crippen LogP contribution in [0.1, 0.15) is 34.8 Å². The number of aromatic amines is 3. The molecule has 0 aliphatic heterocycles. The molecule has 4 N–H and O–H groups in total. The molecule has 1 saturated carbocycles. The molecule has 0 radical (unpaired) electrons. The van der Waals surface area contributed by atoms with Crippen molar-refractivity contribution >= 4 is 27.8 Å². The van der Waals surface area contributed by atoms with Gasteiger partial charge in [-0.05, 0) is 54.2 Å². The molecule has 2 aromatic carbocycles. The summed E-state index contributed by atoms with van der Waals surface area (Å²) in [6.07, 6.45) is 6.00. The van der Waals surface area contributed by atoms with Crippen molar-refractivity contribution in [3.05, 3.63) is 72.2 Å². The summed E-state index contributed by atoms with van der Waals surface area (Å²) in [6, 6.07) is 16.2. The standard InChI is InChI=1S/C24H19N3O2/c28-24(29)23-21(16-3-1-5-18-14(16)9-11-25-18)20(13-7-8-13)22(27-23)17-4-2-6-19-15(17)10-12-26-19/h1-6,9-13,25-27H,7-8H2,(H,28,29). The second-order valence-electron chi connectivity index (χ2n) is 7.73. The lowest BCUT2D eigenvalue weighted by Gasteiger charge is -2.10. The van der Waals surface area contributed by atoms with Crippen LogP contribution in [0.2, 0.25) is 0 Å². The summed E-state index contributed by atoms with van der Waals surface area (Å²) in [5.41, 5.74) is 7.21. The molecule has 0 bridgehead atoms. The summed E-state index contributed by atoms with van der Waals surface area (Å²) < 4.78 is 0. The van der Waals surface area contributed by atoms with E-state index < -0.39 is 5.97 Å². The molecule has 0 spiro atoms. The van der Waals surface area contributed by atoms with Crippen molar-refractivity contribution in [3.8, 4) is 22.4 Å². The predicted octanol–water partition coefficient (Wildman–Crippen LogP) is 5.89. The van der Waals surface area contributed by atoms with Crippen LogP contribution < -0.4 is 0 Å². The number of aromatic carboxylic acids is 1. The Bertz CT molecular complexity index is 1400. The zero-order valence-electron chi connectivity index (χ0n) is 15.6. The average molecular weight is 381 g/mol. The normalized spacial score (nSPS) is 14.1. The number of rotatable bonds is 4. The van der Waals surface area contributed by atoms with E-state index >= 15 is 0 Å². The van der Waals surface area contributed by atoms with Crippen LogP contribution in [0.25, 0.3) is 44.2 Å². The number of hydrogen-bond donors (Lipinski definition) is 4. The molecule has 0 unspecified atom stereocenters. The summed E-state index contributed by atoms with van der Waals surface area (Å²) >= 11 is 0. The number of hydrogen-bond acceptors (Lipinski definition) is 1. The van der Waals surface area contributed by atoms with Gasteiger partial charge in [0, 0.05) is 45.3 Å². The van der Waals surface area contributed by atoms with Gasteiger partial charge < -0.3 is 20.1 Å². The predicted molar refractivity (Wildman–Crippen MR) is 114 cm³/mol. The fourth-order valence-corrected chi connectivity index (χ4v) is 4.55. The quantitative estimate of drug-likeness (QED) is 0.313. The minimum absolute atomic E-state index is 0.267. The van der Waals surface area contributed by atoms with Crippen molar-refractivity contribution in [2.24, 2.45) is 0 Å². The van der Waals surface area contributed by atoms with Gasteiger partial charge in [-0.1, -0.05) is 24.3 Å². The third kappa shape index (κ3) is 2.37. The number of carboxylic acid groups (broad SMARTS) is 1. The molecule has 29 heavy (non-hydrogen) atoms. The molecule has 5 heteroatoms. The van der Waals surface area contributed by atoms with Crippen molar-refractivity contribution in [1.82, 2.24) is 15.0 Å². The molecule has 142 valence electrons. The Morgan fingerprint density at radius 3 is 2.10 bits per heavy atom. The van der Waals surface area contributed by atoms with Crippen LogP contribution in [-0.4, -0.2) is 26.0 Å². The summed E-state index contributed by atoms with van der Waals surface area (Å²) in [5.74, 6) is -0.547. The van der Waals surface area contributed by atoms with Gasteiger partial charge in [-0.3, -0.25) is 0 Å². The van der Waals surface area contributed by atoms with Crippen LogP contribution in [0, 0.1) is 0 Å². The maximum atomic E-state index is 12.3. The fourth-order valence-electron chi connectivity index (χ4n) is 4.55. The number of benzene rings is 2. The summed E-state index contributed by atoms with van der Waals surface area (Å²) in [5, 5.41) is 12.2. The van der Waals surface area contributed by atoms with Crippen LogP contribution in [0.3, 0.4) is 0 Å². The molecule has 3 heterocycles. The topological polar surface area (TPSA) is 84.7 Å². The first-order valence-corrected chi connectivity index (χ1v) is 9.84. The van der Waals surface area contributed by atoms with Crippen molar-refractivity contribution in [2.45, 2.75) is 18.8 Å². The Hall–Kier alpha value is -3.73. The van der Waals surface area contributed by atoms with Crippen molar-refractivity contribution in [3.63, 3.8) is 0 Å². The number of aromatic nitrogens is 3. The number of carboxylic acids is 1. The van der Waals surface area contributed by atoms with E-state index in [-0.39, 0.29) is 5.69 Å². The first kappa shape index (κ1) is 16.2. The molecule has 0 atom stereocenters. The van der Waals surface area contributed by atoms with E-state index in [1.54, 1.807) is 0 Å². The van der Waals surface area contributed by atoms with Crippen LogP contribution >= 0.6 is 0 Å². The molecule has 1 fully saturated rings. The summed E-state index contributed by atoms with van der Waals surface area (Å²) in [7, 11) is 0. The van der Waals surface area contributed by atoms with E-state index in [0.717, 1.165) is 62.6 Å². The Morgan fingerprint density at radius 2 is 1.48 bits per heavy atom. The maximum Gasteiger partial charge on any atom is 0.352 e. The molecule has 0 saturated heterocycles. The Labute approximate surface area is 166 Å². The molecule has 5 nitrogen and oxygen atoms in total. The zero-order valence-corrected chi connectivity index (χ0v) is 15.6. The number of H-pyrrole nitrogens is 3. The smallest absolute Gasteiger partial charge is 0.352 e. The molecule has 1 aliphatic carbocycles. The molecule has 1 aliphatic rings. The van der Waals surface area contributed by atoms with Gasteiger partial charge in [-0.25, -0.2) is 4.79 Å². The Balaban J connectivity index is 1.72. The van der Waals surface area contributed by atoms with Crippen LogP contribution in [0.15, 0.2) is 60.9 Å². The minimum Gasteiger partial charge on any atom is -0.477 e. The van der Waals surface area contributed by atoms with Crippen LogP contribution in [0.5, 0.6) is 0 Å². The number of nitrogens with one attached hydrogen (secondary N) is 3. The monoisotopic (exact) mass is 381 g/mol. The molecule has 5 aromatic rings. The summed E-state index contributed by atoms with van der Waals surface area (Å²) in [4.78, 5) is 22.1. The molecule has 0 amide bonds. The van der Waals surface area contributed by atoms with Gasteiger partial charge in [0.1, 0.15) is 5.69 Å². The van der Waals surface area contributed by atoms with Gasteiger partial charge in [0.05, 0.1) is 5.69 Å². The van der Waals surface area contributed by atoms with E-state index in [1.807, 2.05) is 48.8 Å². The number of fused-ring (bicyclic) bond motifs is 2. The van der Waals surface area contributed by atoms with Gasteiger partial charge in [0.2, 0.25) is 0 Å². The third-order valence-electron chi connectivity index (χ3n) is 5.97. The molecule has 3 aromatic heterocycles. The minimum atomic E-state index is -0.929. The van der Waals surface area contributed by atoms with Gasteiger partial charge in [0.25, 0.3) is 0 Å². The van der Waals surface area contributed by atoms with Crippen molar-refractivity contribution in [2.75, 3.05) is 0 Å². The van der Waals surface area contributed by atoms with Crippen molar-refractivity contribution < 1.29 is 9.90 Å². The lowest BCUT2D eigenvalue weighted by molar-refractivity contribution is 0.0692. The Morgan fingerprint density at radius 1 is 0.862 bits per heavy atom. The van der Waals surface area contributed by atoms with Gasteiger partial charge in [-0.2, -0.15) is 0 Å². The molecular formula is C24H19N3O2. The zero-order chi connectivity index (χ0) is 19.5. The van der Waals surface area contributed by atoms with Gasteiger partial charge in [-0.15, -0.1) is 0 Å². The second-order valence-corrected chi connectivity index (χ2v) is 7.73. The summed E-state index contributed by atoms with van der Waals surface area (Å²) in [6.45, 7) is 0. The van der Waals surface area contributed by atoms with Gasteiger partial charge in [0.15, 0.2) is 0 Å². The highest BCUT2D eigenvalue weighted by Crippen LogP contribution is 2.51. The van der Waals surface area contributed by atoms with Crippen LogP contribution in [-0.2, 0) is 0 Å². The lowest BCUT2D eigenvalue weighted by Crippen LogP contribution is -1.99. The second kappa shape index (κ2) is 5.88.